The molecule has 2 aromatic carbocycles. The molecule has 0 aliphatic carbocycles. The second kappa shape index (κ2) is 9.34. The van der Waals surface area contributed by atoms with Crippen LogP contribution in [0, 0.1) is 0 Å². The Labute approximate surface area is 189 Å². The van der Waals surface area contributed by atoms with E-state index in [4.69, 9.17) is 0 Å². The number of carbonyl (C=O) groups excluding carboxylic acids is 2. The average molecular weight is 475 g/mol. The van der Waals surface area contributed by atoms with Gasteiger partial charge in [0.1, 0.15) is 0 Å². The fourth-order valence-electron chi connectivity index (χ4n) is 2.69. The largest absolute Gasteiger partial charge is 0.326 e. The van der Waals surface area contributed by atoms with E-state index >= 15 is 0 Å². The summed E-state index contributed by atoms with van der Waals surface area (Å²) in [5.41, 5.74) is 3.33. The van der Waals surface area contributed by atoms with Crippen molar-refractivity contribution < 1.29 is 9.59 Å². The zero-order valence-corrected chi connectivity index (χ0v) is 19.5. The number of amides is 2. The molecule has 0 atom stereocenters. The zero-order chi connectivity index (χ0) is 21.1. The number of thioether (sulfide) groups is 2. The molecule has 0 bridgehead atoms. The van der Waals surface area contributed by atoms with Gasteiger partial charge in [0.25, 0.3) is 0 Å². The average Bonchev–Trinajstić information content (AvgIpc) is 3.34. The van der Waals surface area contributed by atoms with E-state index in [0.29, 0.717) is 6.42 Å². The Bertz CT molecular complexity index is 1230. The summed E-state index contributed by atoms with van der Waals surface area (Å²) in [6.07, 6.45) is 2.44. The van der Waals surface area contributed by atoms with Crippen LogP contribution in [0.4, 0.5) is 11.4 Å². The Kier molecular flexibility index (Phi) is 6.57. The van der Waals surface area contributed by atoms with Crippen molar-refractivity contribution in [3.8, 4) is 0 Å². The first-order chi connectivity index (χ1) is 14.5. The Hall–Kier alpha value is -2.14. The van der Waals surface area contributed by atoms with Gasteiger partial charge in [0.05, 0.1) is 26.2 Å². The lowest BCUT2D eigenvalue weighted by Gasteiger charge is -2.03. The van der Waals surface area contributed by atoms with Gasteiger partial charge >= 0.3 is 0 Å². The van der Waals surface area contributed by atoms with E-state index in [2.05, 4.69) is 20.6 Å². The first-order valence-electron chi connectivity index (χ1n) is 9.11. The third-order valence-electron chi connectivity index (χ3n) is 4.13. The van der Waals surface area contributed by atoms with Gasteiger partial charge in [0, 0.05) is 17.8 Å². The van der Waals surface area contributed by atoms with E-state index < -0.39 is 0 Å². The maximum atomic E-state index is 12.4. The molecule has 0 fully saturated rings. The molecule has 6 nitrogen and oxygen atoms in total. The van der Waals surface area contributed by atoms with Crippen LogP contribution < -0.4 is 10.6 Å². The topological polar surface area (TPSA) is 84.0 Å². The molecule has 4 rings (SSSR count). The quantitative estimate of drug-likeness (QED) is 0.334. The molecule has 0 saturated carbocycles. The maximum absolute atomic E-state index is 12.4. The van der Waals surface area contributed by atoms with Gasteiger partial charge < -0.3 is 10.6 Å². The molecule has 154 valence electrons. The first kappa shape index (κ1) is 21.1. The monoisotopic (exact) mass is 474 g/mol. The van der Waals surface area contributed by atoms with Crippen LogP contribution in [0.5, 0.6) is 0 Å². The number of fused-ring (bicyclic) bond motifs is 2. The molecule has 2 N–H and O–H groups in total. The maximum Gasteiger partial charge on any atom is 0.234 e. The zero-order valence-electron chi connectivity index (χ0n) is 16.2. The number of benzene rings is 2. The van der Waals surface area contributed by atoms with Crippen LogP contribution >= 0.6 is 46.2 Å². The van der Waals surface area contributed by atoms with E-state index in [1.54, 1.807) is 23.1 Å². The molecule has 0 spiro atoms. The van der Waals surface area contributed by atoms with Gasteiger partial charge in [0.15, 0.2) is 8.68 Å². The van der Waals surface area contributed by atoms with Crippen LogP contribution in [0.1, 0.15) is 13.3 Å². The van der Waals surface area contributed by atoms with E-state index in [1.807, 2.05) is 49.6 Å². The number of rotatable bonds is 7. The standard InChI is InChI=1S/C20H18N4O2S4/c1-3-17(25)21-11-4-7-14-16(8-11)30-20(24-14)28-10-18(26)22-12-5-6-13-15(9-12)29-19(23-13)27-2/h4-9H,3,10H2,1-2H3,(H,21,25)(H,22,26). The summed E-state index contributed by atoms with van der Waals surface area (Å²) in [6.45, 7) is 1.82. The lowest BCUT2D eigenvalue weighted by Crippen LogP contribution is -2.13. The van der Waals surface area contributed by atoms with Crippen LogP contribution in [0.25, 0.3) is 20.4 Å². The lowest BCUT2D eigenvalue weighted by molar-refractivity contribution is -0.116. The number of carbonyl (C=O) groups is 2. The van der Waals surface area contributed by atoms with Crippen LogP contribution in [0.2, 0.25) is 0 Å². The summed E-state index contributed by atoms with van der Waals surface area (Å²) in [5.74, 6) is 0.172. The van der Waals surface area contributed by atoms with Crippen molar-refractivity contribution in [2.75, 3.05) is 22.6 Å². The molecule has 0 aliphatic heterocycles. The fourth-order valence-corrected chi connectivity index (χ4v) is 6.12. The Balaban J connectivity index is 1.38. The van der Waals surface area contributed by atoms with Crippen molar-refractivity contribution in [1.82, 2.24) is 9.97 Å². The molecule has 0 radical (unpaired) electrons. The van der Waals surface area contributed by atoms with Crippen molar-refractivity contribution in [3.63, 3.8) is 0 Å². The van der Waals surface area contributed by atoms with Crippen molar-refractivity contribution >= 4 is 89.8 Å². The highest BCUT2D eigenvalue weighted by Gasteiger charge is 2.11. The minimum absolute atomic E-state index is 0.0219. The molecule has 2 amide bonds. The van der Waals surface area contributed by atoms with Gasteiger partial charge in [0.2, 0.25) is 11.8 Å². The molecular formula is C20H18N4O2S4. The number of thiazole rings is 2. The van der Waals surface area contributed by atoms with Gasteiger partial charge in [-0.3, -0.25) is 9.59 Å². The minimum Gasteiger partial charge on any atom is -0.326 e. The predicted molar refractivity (Wildman–Crippen MR) is 129 cm³/mol. The van der Waals surface area contributed by atoms with E-state index in [0.717, 1.165) is 40.5 Å². The van der Waals surface area contributed by atoms with Gasteiger partial charge in [-0.2, -0.15) is 0 Å². The highest BCUT2D eigenvalue weighted by atomic mass is 32.2. The smallest absolute Gasteiger partial charge is 0.234 e. The summed E-state index contributed by atoms with van der Waals surface area (Å²) < 4.78 is 3.87. The molecule has 0 aliphatic rings. The molecule has 30 heavy (non-hydrogen) atoms. The third kappa shape index (κ3) is 4.94. The van der Waals surface area contributed by atoms with Crippen LogP contribution in [-0.4, -0.2) is 33.8 Å². The van der Waals surface area contributed by atoms with Gasteiger partial charge in [-0.25, -0.2) is 9.97 Å². The predicted octanol–water partition coefficient (Wildman–Crippen LogP) is 5.71. The number of nitrogens with one attached hydrogen (secondary N) is 2. The Morgan fingerprint density at radius 1 is 0.900 bits per heavy atom. The molecule has 10 heteroatoms. The lowest BCUT2D eigenvalue weighted by atomic mass is 10.3. The molecule has 0 unspecified atom stereocenters. The summed E-state index contributed by atoms with van der Waals surface area (Å²) >= 11 is 6.15. The summed E-state index contributed by atoms with van der Waals surface area (Å²) in [4.78, 5) is 33.0. The van der Waals surface area contributed by atoms with Crippen LogP contribution in [-0.2, 0) is 9.59 Å². The van der Waals surface area contributed by atoms with Crippen molar-refractivity contribution in [1.29, 1.82) is 0 Å². The Morgan fingerprint density at radius 2 is 1.47 bits per heavy atom. The SMILES string of the molecule is CCC(=O)Nc1ccc2nc(SCC(=O)Nc3ccc4nc(SC)sc4c3)sc2c1. The van der Waals surface area contributed by atoms with Gasteiger partial charge in [-0.1, -0.05) is 30.4 Å². The van der Waals surface area contributed by atoms with Crippen molar-refractivity contribution in [2.24, 2.45) is 0 Å². The number of anilines is 2. The second-order valence-electron chi connectivity index (χ2n) is 6.27. The minimum atomic E-state index is -0.0795. The van der Waals surface area contributed by atoms with E-state index in [9.17, 15) is 9.59 Å². The van der Waals surface area contributed by atoms with Crippen molar-refractivity contribution in [2.45, 2.75) is 22.0 Å². The van der Waals surface area contributed by atoms with Crippen molar-refractivity contribution in [3.05, 3.63) is 36.4 Å². The number of nitrogens with zero attached hydrogens (tertiary/aromatic N) is 2. The highest BCUT2D eigenvalue weighted by Crippen LogP contribution is 2.32. The summed E-state index contributed by atoms with van der Waals surface area (Å²) in [5, 5.41) is 5.80. The molecule has 0 saturated heterocycles. The summed E-state index contributed by atoms with van der Waals surface area (Å²) in [7, 11) is 0. The number of aromatic nitrogens is 2. The van der Waals surface area contributed by atoms with Crippen LogP contribution in [0.15, 0.2) is 45.1 Å². The van der Waals surface area contributed by atoms with E-state index in [-0.39, 0.29) is 17.6 Å². The number of hydrogen-bond acceptors (Lipinski definition) is 8. The van der Waals surface area contributed by atoms with Gasteiger partial charge in [-0.15, -0.1) is 22.7 Å². The molecule has 2 heterocycles. The number of hydrogen-bond donors (Lipinski definition) is 2. The second-order valence-corrected chi connectivity index (χ2v) is 10.6. The molecule has 4 aromatic rings. The third-order valence-corrected chi connectivity index (χ3v) is 8.29. The normalized spacial score (nSPS) is 11.1. The van der Waals surface area contributed by atoms with Crippen LogP contribution in [0.3, 0.4) is 0 Å². The van der Waals surface area contributed by atoms with Gasteiger partial charge in [-0.05, 0) is 42.7 Å². The fraction of sp³-hybridized carbons (Fsp3) is 0.200. The summed E-state index contributed by atoms with van der Waals surface area (Å²) in [6, 6.07) is 11.4. The highest BCUT2D eigenvalue weighted by molar-refractivity contribution is 8.01. The first-order valence-corrected chi connectivity index (χ1v) is 13.0. The van der Waals surface area contributed by atoms with E-state index in [1.165, 1.54) is 23.1 Å². The molecule has 2 aromatic heterocycles. The molecular weight excluding hydrogens is 457 g/mol. The Morgan fingerprint density at radius 3 is 2.07 bits per heavy atom.